The normalized spacial score (nSPS) is 15.7. The van der Waals surface area contributed by atoms with Gasteiger partial charge < -0.3 is 20.8 Å². The van der Waals surface area contributed by atoms with E-state index in [2.05, 4.69) is 10.6 Å². The minimum Gasteiger partial charge on any atom is -0.395 e. The quantitative estimate of drug-likeness (QED) is 0.372. The van der Waals surface area contributed by atoms with Gasteiger partial charge in [0.2, 0.25) is 0 Å². The third kappa shape index (κ3) is 6.68. The second kappa shape index (κ2) is 11.9. The summed E-state index contributed by atoms with van der Waals surface area (Å²) in [5.74, 6) is 0.0636. The minimum atomic E-state index is -0.904. The Kier molecular flexibility index (Phi) is 9.90. The summed E-state index contributed by atoms with van der Waals surface area (Å²) in [4.78, 5) is 0. The molecule has 6 heteroatoms. The highest BCUT2D eigenvalue weighted by Gasteiger charge is 2.27. The van der Waals surface area contributed by atoms with Crippen LogP contribution in [0.2, 0.25) is 10.0 Å². The lowest BCUT2D eigenvalue weighted by atomic mass is 9.88. The molecule has 0 saturated carbocycles. The van der Waals surface area contributed by atoms with Crippen molar-refractivity contribution >= 4 is 23.2 Å². The maximum absolute atomic E-state index is 11.0. The van der Waals surface area contributed by atoms with Crippen molar-refractivity contribution in [2.45, 2.75) is 44.2 Å². The summed E-state index contributed by atoms with van der Waals surface area (Å²) in [5, 5.41) is 28.7. The van der Waals surface area contributed by atoms with Crippen LogP contribution >= 0.6 is 23.2 Å². The number of benzene rings is 2. The van der Waals surface area contributed by atoms with E-state index in [-0.39, 0.29) is 18.6 Å². The Bertz CT molecular complexity index is 745. The second-order valence-corrected chi connectivity index (χ2v) is 8.16. The second-order valence-electron chi connectivity index (χ2n) is 7.34. The van der Waals surface area contributed by atoms with Gasteiger partial charge in [0, 0.05) is 18.5 Å². The molecule has 3 unspecified atom stereocenters. The molecule has 0 aliphatic rings. The van der Waals surface area contributed by atoms with Crippen LogP contribution < -0.4 is 10.6 Å². The first-order valence-corrected chi connectivity index (χ1v) is 11.0. The molecule has 0 radical (unpaired) electrons. The third-order valence-electron chi connectivity index (χ3n) is 5.47. The average molecular weight is 439 g/mol. The molecule has 0 spiro atoms. The van der Waals surface area contributed by atoms with Crippen molar-refractivity contribution in [1.29, 1.82) is 0 Å². The lowest BCUT2D eigenvalue weighted by molar-refractivity contribution is 0.0325. The van der Waals surface area contributed by atoms with Crippen LogP contribution in [0.5, 0.6) is 0 Å². The molecule has 4 N–H and O–H groups in total. The fourth-order valence-electron chi connectivity index (χ4n) is 3.67. The number of nitrogens with one attached hydrogen (secondary N) is 2. The van der Waals surface area contributed by atoms with Gasteiger partial charge in [0.1, 0.15) is 5.60 Å². The van der Waals surface area contributed by atoms with Crippen molar-refractivity contribution in [3.63, 3.8) is 0 Å². The predicted octanol–water partition coefficient (Wildman–Crippen LogP) is 4.32. The van der Waals surface area contributed by atoms with Crippen LogP contribution in [0.25, 0.3) is 0 Å². The van der Waals surface area contributed by atoms with E-state index in [1.165, 1.54) is 0 Å². The van der Waals surface area contributed by atoms with Crippen molar-refractivity contribution in [2.24, 2.45) is 0 Å². The molecule has 0 bridgehead atoms. The summed E-state index contributed by atoms with van der Waals surface area (Å²) in [5.41, 5.74) is 1.05. The van der Waals surface area contributed by atoms with Gasteiger partial charge in [0.25, 0.3) is 0 Å². The Balaban J connectivity index is 2.06. The molecule has 0 saturated heterocycles. The largest absolute Gasteiger partial charge is 0.395 e. The molecule has 0 aliphatic heterocycles. The molecule has 0 fully saturated rings. The summed E-state index contributed by atoms with van der Waals surface area (Å²) in [6, 6.07) is 15.3. The van der Waals surface area contributed by atoms with Gasteiger partial charge in [0.05, 0.1) is 16.7 Å². The van der Waals surface area contributed by atoms with E-state index in [0.717, 1.165) is 24.1 Å². The molecule has 3 atom stereocenters. The fourth-order valence-corrected chi connectivity index (χ4v) is 3.98. The van der Waals surface area contributed by atoms with Crippen LogP contribution in [-0.4, -0.2) is 42.5 Å². The lowest BCUT2D eigenvalue weighted by Crippen LogP contribution is -2.41. The van der Waals surface area contributed by atoms with Crippen molar-refractivity contribution in [3.05, 3.63) is 69.7 Å². The van der Waals surface area contributed by atoms with Gasteiger partial charge in [-0.2, -0.15) is 0 Å². The van der Waals surface area contributed by atoms with Crippen molar-refractivity contribution in [1.82, 2.24) is 10.6 Å². The van der Waals surface area contributed by atoms with Crippen molar-refractivity contribution in [3.8, 4) is 0 Å². The first-order chi connectivity index (χ1) is 13.9. The number of halogens is 2. The molecule has 2 aromatic carbocycles. The Hall–Kier alpha value is -1.14. The molecule has 0 heterocycles. The Morgan fingerprint density at radius 1 is 1.03 bits per heavy atom. The monoisotopic (exact) mass is 438 g/mol. The fraction of sp³-hybridized carbons (Fsp3) is 0.478. The molecule has 0 amide bonds. The zero-order chi connectivity index (χ0) is 21.3. The van der Waals surface area contributed by atoms with E-state index in [1.54, 1.807) is 6.07 Å². The molecule has 29 heavy (non-hydrogen) atoms. The highest BCUT2D eigenvalue weighted by atomic mass is 35.5. The van der Waals surface area contributed by atoms with Gasteiger partial charge in [-0.05, 0) is 49.2 Å². The van der Waals surface area contributed by atoms with Gasteiger partial charge in [0.15, 0.2) is 0 Å². The molecular weight excluding hydrogens is 407 g/mol. The smallest absolute Gasteiger partial charge is 0.102 e. The zero-order valence-electron chi connectivity index (χ0n) is 17.2. The van der Waals surface area contributed by atoms with Gasteiger partial charge in [-0.15, -0.1) is 0 Å². The summed E-state index contributed by atoms with van der Waals surface area (Å²) in [6.45, 7) is 5.96. The molecule has 2 aromatic rings. The van der Waals surface area contributed by atoms with Gasteiger partial charge in [-0.25, -0.2) is 0 Å². The standard InChI is InChI=1S/C23H32Cl2N2O2/c1-3-23(29,18-8-6-5-7-9-18)16-26-13-12-19(22(15-28)27-4-2)17-10-11-20(24)21(25)14-17/h5-11,14,19,22,26-29H,3-4,12-13,15-16H2,1-2H3. The zero-order valence-corrected chi connectivity index (χ0v) is 18.7. The van der Waals surface area contributed by atoms with E-state index in [0.29, 0.717) is 29.6 Å². The summed E-state index contributed by atoms with van der Waals surface area (Å²) in [6.07, 6.45) is 1.40. The minimum absolute atomic E-state index is 0.0294. The number of aliphatic hydroxyl groups excluding tert-OH is 1. The molecule has 0 aromatic heterocycles. The number of hydrogen-bond acceptors (Lipinski definition) is 4. The first-order valence-electron chi connectivity index (χ1n) is 10.2. The maximum Gasteiger partial charge on any atom is 0.102 e. The van der Waals surface area contributed by atoms with Crippen molar-refractivity contribution in [2.75, 3.05) is 26.2 Å². The summed E-state index contributed by atoms with van der Waals surface area (Å²) in [7, 11) is 0. The first kappa shape index (κ1) is 24.1. The van der Waals surface area contributed by atoms with E-state index in [1.807, 2.05) is 56.3 Å². The number of rotatable bonds is 12. The van der Waals surface area contributed by atoms with E-state index < -0.39 is 5.60 Å². The van der Waals surface area contributed by atoms with Gasteiger partial charge >= 0.3 is 0 Å². The number of hydrogen-bond donors (Lipinski definition) is 4. The topological polar surface area (TPSA) is 64.5 Å². The van der Waals surface area contributed by atoms with Crippen molar-refractivity contribution < 1.29 is 10.2 Å². The molecule has 2 rings (SSSR count). The third-order valence-corrected chi connectivity index (χ3v) is 6.21. The molecule has 4 nitrogen and oxygen atoms in total. The van der Waals surface area contributed by atoms with Crippen LogP contribution in [0.15, 0.2) is 48.5 Å². The van der Waals surface area contributed by atoms with Crippen LogP contribution in [0.4, 0.5) is 0 Å². The predicted molar refractivity (Wildman–Crippen MR) is 122 cm³/mol. The van der Waals surface area contributed by atoms with E-state index in [9.17, 15) is 10.2 Å². The maximum atomic E-state index is 11.0. The Morgan fingerprint density at radius 2 is 1.76 bits per heavy atom. The summed E-state index contributed by atoms with van der Waals surface area (Å²) < 4.78 is 0. The SMILES string of the molecule is CCNC(CO)C(CCNCC(O)(CC)c1ccccc1)c1ccc(Cl)c(Cl)c1. The molecular formula is C23H32Cl2N2O2. The van der Waals surface area contributed by atoms with Crippen LogP contribution in [0.1, 0.15) is 43.7 Å². The molecule has 0 aliphatic carbocycles. The Labute approximate surface area is 184 Å². The highest BCUT2D eigenvalue weighted by Crippen LogP contribution is 2.30. The van der Waals surface area contributed by atoms with Gasteiger partial charge in [-0.1, -0.05) is 73.4 Å². The highest BCUT2D eigenvalue weighted by molar-refractivity contribution is 6.42. The van der Waals surface area contributed by atoms with Crippen LogP contribution in [0, 0.1) is 0 Å². The summed E-state index contributed by atoms with van der Waals surface area (Å²) >= 11 is 12.3. The van der Waals surface area contributed by atoms with E-state index in [4.69, 9.17) is 23.2 Å². The molecule has 160 valence electrons. The van der Waals surface area contributed by atoms with Crippen LogP contribution in [-0.2, 0) is 5.60 Å². The van der Waals surface area contributed by atoms with E-state index >= 15 is 0 Å². The number of aliphatic hydroxyl groups is 2. The van der Waals surface area contributed by atoms with Gasteiger partial charge in [-0.3, -0.25) is 0 Å². The Morgan fingerprint density at radius 3 is 2.34 bits per heavy atom. The average Bonchev–Trinajstić information content (AvgIpc) is 2.75. The lowest BCUT2D eigenvalue weighted by Gasteiger charge is -2.30. The van der Waals surface area contributed by atoms with Crippen LogP contribution in [0.3, 0.4) is 0 Å². The number of likely N-dealkylation sites (N-methyl/N-ethyl adjacent to an activating group) is 1.